The van der Waals surface area contributed by atoms with Gasteiger partial charge in [0.05, 0.1) is 49.6 Å². The van der Waals surface area contributed by atoms with Crippen molar-refractivity contribution >= 4 is 29.5 Å². The summed E-state index contributed by atoms with van der Waals surface area (Å²) in [5, 5.41) is 27.8. The van der Waals surface area contributed by atoms with Crippen LogP contribution in [-0.2, 0) is 24.5 Å². The van der Waals surface area contributed by atoms with E-state index in [0.717, 1.165) is 10.5 Å². The van der Waals surface area contributed by atoms with Crippen LogP contribution in [0.1, 0.15) is 81.8 Å². The molecule has 13 nitrogen and oxygen atoms in total. The lowest BCUT2D eigenvalue weighted by molar-refractivity contribution is -0.178. The molecule has 10 rings (SSSR count). The third-order valence-electron chi connectivity index (χ3n) is 14.2. The van der Waals surface area contributed by atoms with E-state index >= 15 is 19.2 Å². The van der Waals surface area contributed by atoms with Crippen molar-refractivity contribution in [2.45, 2.75) is 48.7 Å². The number of amides is 4. The van der Waals surface area contributed by atoms with Gasteiger partial charge in [-0.2, -0.15) is 0 Å². The highest BCUT2D eigenvalue weighted by Gasteiger charge is 2.76. The minimum absolute atomic E-state index is 0.125. The first kappa shape index (κ1) is 49.1. The van der Waals surface area contributed by atoms with Crippen LogP contribution in [0.25, 0.3) is 0 Å². The van der Waals surface area contributed by atoms with Crippen molar-refractivity contribution in [1.29, 1.82) is 0 Å². The molecule has 0 aromatic heterocycles. The Morgan fingerprint density at radius 2 is 1.32 bits per heavy atom. The first-order chi connectivity index (χ1) is 36.1. The Kier molecular flexibility index (Phi) is 14.1. The first-order valence-electron chi connectivity index (χ1n) is 24.6. The number of hydrogen-bond donors (Lipinski definition) is 4. The van der Waals surface area contributed by atoms with Crippen LogP contribution in [0, 0.1) is 17.8 Å². The number of rotatable bonds is 13. The van der Waals surface area contributed by atoms with E-state index in [1.165, 1.54) is 0 Å². The molecule has 3 heterocycles. The molecule has 4 N–H and O–H groups in total. The number of benzene rings is 7. The predicted molar refractivity (Wildman–Crippen MR) is 278 cm³/mol. The molecule has 0 aliphatic carbocycles. The number of carbonyl (C=O) groups is 4. The topological polar surface area (TPSA) is 167 Å². The highest BCUT2D eigenvalue weighted by Crippen LogP contribution is 2.66. The number of cyclic esters (lactones) is 1. The molecule has 13 heteroatoms. The number of ether oxygens (including phenoxy) is 3. The monoisotopic (exact) mass is 986 g/mol. The number of nitrogens with one attached hydrogen (secondary N) is 2. The SMILES string of the molecule is COc1ccc(C#Cc2ccc3c(c2)C2(C(=O)N3C(=O)NC(C)c3ccccc3)C(C(=O)NCC(O)c3ccccc3)C3C(=O)OC(c4ccccc4)C(c4ccccc4)N3C2c2ccccc2OCCO)cc1. The summed E-state index contributed by atoms with van der Waals surface area (Å²) < 4.78 is 18.4. The smallest absolute Gasteiger partial charge is 0.329 e. The molecule has 74 heavy (non-hydrogen) atoms. The molecule has 2 fully saturated rings. The van der Waals surface area contributed by atoms with Crippen molar-refractivity contribution < 1.29 is 43.6 Å². The molecule has 4 amide bonds. The van der Waals surface area contributed by atoms with Gasteiger partial charge >= 0.3 is 12.0 Å². The summed E-state index contributed by atoms with van der Waals surface area (Å²) in [4.78, 5) is 66.7. The largest absolute Gasteiger partial charge is 0.497 e. The summed E-state index contributed by atoms with van der Waals surface area (Å²) in [6, 6.07) is 51.3. The Morgan fingerprint density at radius 1 is 0.730 bits per heavy atom. The quantitative estimate of drug-likeness (QED) is 0.0651. The summed E-state index contributed by atoms with van der Waals surface area (Å²) in [6.45, 7) is 1.06. The number of fused-ring (bicyclic) bond motifs is 3. The molecule has 7 aromatic rings. The minimum Gasteiger partial charge on any atom is -0.497 e. The predicted octanol–water partition coefficient (Wildman–Crippen LogP) is 8.45. The van der Waals surface area contributed by atoms with Gasteiger partial charge in [0.25, 0.3) is 0 Å². The highest BCUT2D eigenvalue weighted by atomic mass is 16.6. The van der Waals surface area contributed by atoms with Crippen LogP contribution in [0.2, 0.25) is 0 Å². The fraction of sp³-hybridized carbons (Fsp3) is 0.213. The lowest BCUT2D eigenvalue weighted by atomic mass is 9.65. The molecule has 0 radical (unpaired) electrons. The summed E-state index contributed by atoms with van der Waals surface area (Å²) >= 11 is 0. The van der Waals surface area contributed by atoms with E-state index in [2.05, 4.69) is 22.5 Å². The standard InChI is InChI=1S/C61H54N4O9/c1-39(42-17-7-3-8-18-42)63-60(71)64-49-34-31-41(28-27-40-29-32-46(72-2)33-30-40)37-48(49)61(59(64)70)52(57(68)62-38-50(67)43-19-9-4-10-20-43)54-58(69)74-55(45-23-13-6-14-24-45)53(44-21-11-5-12-22-44)65(54)56(61)47-25-15-16-26-51(47)73-36-35-66/h3-26,29-34,37,39,50,52-56,66-67H,35-36,38H2,1-2H3,(H,62,68)(H,63,71). The van der Waals surface area contributed by atoms with Crippen molar-refractivity contribution in [3.8, 4) is 23.3 Å². The van der Waals surface area contributed by atoms with Crippen molar-refractivity contribution in [3.05, 3.63) is 233 Å². The van der Waals surface area contributed by atoms with E-state index in [-0.39, 0.29) is 36.8 Å². The Balaban J connectivity index is 1.26. The molecule has 0 saturated carbocycles. The van der Waals surface area contributed by atoms with E-state index < -0.39 is 71.5 Å². The van der Waals surface area contributed by atoms with E-state index in [1.54, 1.807) is 86.0 Å². The fourth-order valence-electron chi connectivity index (χ4n) is 10.9. The van der Waals surface area contributed by atoms with Crippen LogP contribution in [0.15, 0.2) is 188 Å². The number of anilines is 1. The molecule has 7 aromatic carbocycles. The molecule has 2 saturated heterocycles. The maximum Gasteiger partial charge on any atom is 0.329 e. The van der Waals surface area contributed by atoms with Gasteiger partial charge in [0.2, 0.25) is 11.8 Å². The van der Waals surface area contributed by atoms with E-state index in [4.69, 9.17) is 14.2 Å². The normalized spacial score (nSPS) is 21.6. The van der Waals surface area contributed by atoms with Gasteiger partial charge in [-0.05, 0) is 83.3 Å². The number of carbonyl (C=O) groups excluding carboxylic acids is 4. The number of para-hydroxylation sites is 1. The van der Waals surface area contributed by atoms with Crippen LogP contribution in [-0.4, -0.2) is 71.8 Å². The van der Waals surface area contributed by atoms with E-state index in [1.807, 2.05) is 121 Å². The summed E-state index contributed by atoms with van der Waals surface area (Å²) in [7, 11) is 1.58. The van der Waals surface area contributed by atoms with Gasteiger partial charge in [-0.1, -0.05) is 151 Å². The Hall–Kier alpha value is -8.54. The number of esters is 1. The van der Waals surface area contributed by atoms with Gasteiger partial charge in [0.1, 0.15) is 35.7 Å². The summed E-state index contributed by atoms with van der Waals surface area (Å²) in [6.07, 6.45) is -2.15. The molecule has 3 aliphatic rings. The summed E-state index contributed by atoms with van der Waals surface area (Å²) in [5.74, 6) is 3.46. The van der Waals surface area contributed by atoms with Crippen molar-refractivity contribution in [2.75, 3.05) is 31.8 Å². The Labute approximate surface area is 429 Å². The first-order valence-corrected chi connectivity index (χ1v) is 24.6. The number of nitrogens with zero attached hydrogens (tertiary/aromatic N) is 2. The number of morpholine rings is 1. The average molecular weight is 987 g/mol. The summed E-state index contributed by atoms with van der Waals surface area (Å²) in [5.41, 5.74) is 2.50. The number of imide groups is 1. The fourth-order valence-corrected chi connectivity index (χ4v) is 10.9. The molecule has 1 spiro atoms. The lowest BCUT2D eigenvalue weighted by Gasteiger charge is -2.46. The average Bonchev–Trinajstić information content (AvgIpc) is 4.07. The van der Waals surface area contributed by atoms with E-state index in [9.17, 15) is 10.2 Å². The van der Waals surface area contributed by atoms with Gasteiger partial charge < -0.3 is 35.1 Å². The van der Waals surface area contributed by atoms with Gasteiger partial charge in [0, 0.05) is 23.2 Å². The number of aliphatic hydroxyl groups is 2. The molecule has 3 aliphatic heterocycles. The van der Waals surface area contributed by atoms with E-state index in [0.29, 0.717) is 39.1 Å². The third-order valence-corrected chi connectivity index (χ3v) is 14.2. The molecule has 8 atom stereocenters. The number of methoxy groups -OCH3 is 1. The van der Waals surface area contributed by atoms with Gasteiger partial charge in [-0.15, -0.1) is 0 Å². The molecule has 0 bridgehead atoms. The molecular weight excluding hydrogens is 933 g/mol. The lowest BCUT2D eigenvalue weighted by Crippen LogP contribution is -2.56. The Bertz CT molecular complexity index is 3220. The minimum atomic E-state index is -2.15. The van der Waals surface area contributed by atoms with Gasteiger partial charge in [0.15, 0.2) is 0 Å². The highest BCUT2D eigenvalue weighted by molar-refractivity contribution is 6.24. The van der Waals surface area contributed by atoms with Crippen LogP contribution in [0.4, 0.5) is 10.5 Å². The number of hydrogen-bond acceptors (Lipinski definition) is 10. The number of aliphatic hydroxyl groups excluding tert-OH is 2. The molecule has 372 valence electrons. The second-order valence-corrected chi connectivity index (χ2v) is 18.5. The zero-order chi connectivity index (χ0) is 51.3. The van der Waals surface area contributed by atoms with Crippen molar-refractivity contribution in [1.82, 2.24) is 15.5 Å². The van der Waals surface area contributed by atoms with Gasteiger partial charge in [-0.3, -0.25) is 19.3 Å². The Morgan fingerprint density at radius 3 is 1.99 bits per heavy atom. The van der Waals surface area contributed by atoms with Crippen molar-refractivity contribution in [2.24, 2.45) is 5.92 Å². The van der Waals surface area contributed by atoms with Gasteiger partial charge in [-0.25, -0.2) is 9.69 Å². The second-order valence-electron chi connectivity index (χ2n) is 18.5. The van der Waals surface area contributed by atoms with Crippen LogP contribution < -0.4 is 25.0 Å². The number of urea groups is 1. The third kappa shape index (κ3) is 9.04. The second kappa shape index (κ2) is 21.3. The van der Waals surface area contributed by atoms with Crippen LogP contribution >= 0.6 is 0 Å². The zero-order valence-corrected chi connectivity index (χ0v) is 40.7. The zero-order valence-electron chi connectivity index (χ0n) is 40.7. The maximum absolute atomic E-state index is 16.9. The molecule has 8 unspecified atom stereocenters. The maximum atomic E-state index is 16.9. The van der Waals surface area contributed by atoms with Crippen molar-refractivity contribution in [3.63, 3.8) is 0 Å². The van der Waals surface area contributed by atoms with Crippen LogP contribution in [0.5, 0.6) is 11.5 Å². The van der Waals surface area contributed by atoms with Crippen LogP contribution in [0.3, 0.4) is 0 Å². The molecular formula is C61H54N4O9.